The van der Waals surface area contributed by atoms with Crippen molar-refractivity contribution in [1.82, 2.24) is 28.9 Å². The maximum atomic E-state index is 14.7. The number of carboxylic acid groups (broad SMARTS) is 2. The first-order valence-electron chi connectivity index (χ1n) is 25.2. The third-order valence-corrected chi connectivity index (χ3v) is 15.2. The van der Waals surface area contributed by atoms with Crippen LogP contribution in [0.25, 0.3) is 10.8 Å². The van der Waals surface area contributed by atoms with Crippen LogP contribution in [0.3, 0.4) is 0 Å². The minimum Gasteiger partial charge on any atom is -0.480 e. The SMILES string of the molecule is O=C(O)[C@H](Cc1cn(C(c2ccccc2)(c2ccccc2)c2ccccc2)cn1)N1C(=O)c2ccc3c4c(ccc(c24)C1=O)C(=O)N([C@@H](Cc1cn(C(c2ccccc2)(c2ccccc2)c2ccccc2)cn1)C(=O)O)C3=O. The van der Waals surface area contributed by atoms with Gasteiger partial charge in [-0.15, -0.1) is 0 Å². The molecule has 8 aromatic carbocycles. The molecule has 0 bridgehead atoms. The lowest BCUT2D eigenvalue weighted by Gasteiger charge is -2.37. The number of nitrogens with zero attached hydrogens (tertiary/aromatic N) is 6. The Morgan fingerprint density at radius 3 is 0.821 bits per heavy atom. The summed E-state index contributed by atoms with van der Waals surface area (Å²) in [7, 11) is 0. The number of imidazole rings is 2. The van der Waals surface area contributed by atoms with Crippen molar-refractivity contribution in [3.63, 3.8) is 0 Å². The molecule has 0 spiro atoms. The zero-order valence-electron chi connectivity index (χ0n) is 41.5. The van der Waals surface area contributed by atoms with E-state index in [2.05, 4.69) is 0 Å². The molecule has 0 saturated heterocycles. The summed E-state index contributed by atoms with van der Waals surface area (Å²) in [5, 5.41) is 21.7. The zero-order valence-corrected chi connectivity index (χ0v) is 41.5. The molecule has 12 rings (SSSR count). The smallest absolute Gasteiger partial charge is 0.327 e. The molecule has 2 N–H and O–H groups in total. The van der Waals surface area contributed by atoms with Gasteiger partial charge in [0.2, 0.25) is 0 Å². The fraction of sp³-hybridized carbons (Fsp3) is 0.0938. The number of imide groups is 2. The first kappa shape index (κ1) is 48.6. The predicted octanol–water partition coefficient (Wildman–Crippen LogP) is 9.50. The molecule has 2 aliphatic heterocycles. The summed E-state index contributed by atoms with van der Waals surface area (Å²) in [4.78, 5) is 96.4. The topological polar surface area (TPSA) is 185 Å². The highest BCUT2D eigenvalue weighted by Crippen LogP contribution is 2.44. The van der Waals surface area contributed by atoms with Crippen molar-refractivity contribution < 1.29 is 39.0 Å². The number of carboxylic acids is 2. The van der Waals surface area contributed by atoms with E-state index >= 15 is 0 Å². The Morgan fingerprint density at radius 2 is 0.603 bits per heavy atom. The lowest BCUT2D eigenvalue weighted by atomic mass is 9.77. The average molecular weight is 1030 g/mol. The highest BCUT2D eigenvalue weighted by molar-refractivity contribution is 6.34. The Hall–Kier alpha value is -10.3. The first-order valence-corrected chi connectivity index (χ1v) is 25.2. The van der Waals surface area contributed by atoms with Crippen LogP contribution < -0.4 is 0 Å². The maximum absolute atomic E-state index is 14.7. The molecule has 78 heavy (non-hydrogen) atoms. The number of rotatable bonds is 16. The summed E-state index contributed by atoms with van der Waals surface area (Å²) >= 11 is 0. The molecular weight excluding hydrogens is 981 g/mol. The normalized spacial score (nSPS) is 14.2. The van der Waals surface area contributed by atoms with Crippen LogP contribution in [0.4, 0.5) is 0 Å². The number of aromatic nitrogens is 4. The van der Waals surface area contributed by atoms with Crippen LogP contribution >= 0.6 is 0 Å². The third-order valence-electron chi connectivity index (χ3n) is 15.2. The summed E-state index contributed by atoms with van der Waals surface area (Å²) in [6.45, 7) is 0. The molecule has 14 nitrogen and oxygen atoms in total. The standard InChI is InChI=1S/C64H46N6O8/c71-57-49-31-33-51-56-52(60(74)70(59(51)73)54(62(77)78)36-48-38-68(40-66-48)64(44-25-13-4-14-26-44,45-27-15-5-16-28-45)46-29-17-6-18-30-46)34-32-50(55(49)56)58(72)69(57)53(61(75)76)35-47-37-67(39-65-47)63(41-19-7-1-8-20-41,42-21-9-2-10-22-42)43-23-11-3-12-24-43/h1-34,37-40,53-54H,35-36H2,(H,75,76)(H,77,78)/t53-,54-/m0/s1. The van der Waals surface area contributed by atoms with E-state index in [1.54, 1.807) is 25.0 Å². The van der Waals surface area contributed by atoms with E-state index < -0.39 is 58.7 Å². The molecule has 2 aromatic heterocycles. The summed E-state index contributed by atoms with van der Waals surface area (Å²) in [6, 6.07) is 60.7. The second kappa shape index (κ2) is 19.4. The Kier molecular flexibility index (Phi) is 12.1. The third kappa shape index (κ3) is 7.63. The van der Waals surface area contributed by atoms with Gasteiger partial charge in [0.15, 0.2) is 0 Å². The van der Waals surface area contributed by atoms with Crippen LogP contribution in [0.15, 0.2) is 231 Å². The van der Waals surface area contributed by atoms with Gasteiger partial charge in [-0.05, 0) is 57.6 Å². The Labute approximate surface area is 446 Å². The van der Waals surface area contributed by atoms with E-state index in [0.29, 0.717) is 9.80 Å². The van der Waals surface area contributed by atoms with Crippen LogP contribution in [0, 0.1) is 0 Å². The van der Waals surface area contributed by atoms with Crippen molar-refractivity contribution in [2.24, 2.45) is 0 Å². The summed E-state index contributed by atoms with van der Waals surface area (Å²) in [6.07, 6.45) is 5.96. The number of carbonyl (C=O) groups is 6. The van der Waals surface area contributed by atoms with E-state index in [1.165, 1.54) is 24.3 Å². The maximum Gasteiger partial charge on any atom is 0.327 e. The highest BCUT2D eigenvalue weighted by atomic mass is 16.4. The quantitative estimate of drug-likeness (QED) is 0.0698. The van der Waals surface area contributed by atoms with Crippen LogP contribution in [-0.4, -0.2) is 86.8 Å². The van der Waals surface area contributed by atoms with Crippen molar-refractivity contribution in [2.75, 3.05) is 0 Å². The van der Waals surface area contributed by atoms with Crippen molar-refractivity contribution in [3.05, 3.63) is 298 Å². The number of benzene rings is 8. The zero-order chi connectivity index (χ0) is 53.7. The van der Waals surface area contributed by atoms with Gasteiger partial charge in [-0.3, -0.25) is 29.0 Å². The van der Waals surface area contributed by atoms with E-state index in [-0.39, 0.29) is 57.3 Å². The molecule has 2 aliphatic rings. The van der Waals surface area contributed by atoms with E-state index in [9.17, 15) is 39.0 Å². The minimum atomic E-state index is -1.74. The lowest BCUT2D eigenvalue weighted by Crippen LogP contribution is -2.53. The first-order chi connectivity index (χ1) is 38.0. The molecule has 4 heterocycles. The number of aliphatic carboxylic acids is 2. The molecule has 10 aromatic rings. The van der Waals surface area contributed by atoms with Gasteiger partial charge in [0.25, 0.3) is 23.6 Å². The van der Waals surface area contributed by atoms with Gasteiger partial charge in [0.05, 0.1) is 24.0 Å². The van der Waals surface area contributed by atoms with Gasteiger partial charge in [-0.1, -0.05) is 182 Å². The number of carbonyl (C=O) groups excluding carboxylic acids is 4. The van der Waals surface area contributed by atoms with E-state index in [1.807, 2.05) is 191 Å². The van der Waals surface area contributed by atoms with Gasteiger partial charge in [-0.2, -0.15) is 0 Å². The second-order valence-electron chi connectivity index (χ2n) is 19.3. The molecule has 380 valence electrons. The second-order valence-corrected chi connectivity index (χ2v) is 19.3. The lowest BCUT2D eigenvalue weighted by molar-refractivity contribution is -0.142. The largest absolute Gasteiger partial charge is 0.480 e. The highest BCUT2D eigenvalue weighted by Gasteiger charge is 2.47. The van der Waals surface area contributed by atoms with Crippen molar-refractivity contribution in [1.29, 1.82) is 0 Å². The Balaban J connectivity index is 0.869. The molecule has 0 aliphatic carbocycles. The minimum absolute atomic E-state index is 0.00548. The van der Waals surface area contributed by atoms with Crippen LogP contribution in [0.5, 0.6) is 0 Å². The van der Waals surface area contributed by atoms with Gasteiger partial charge >= 0.3 is 11.9 Å². The molecule has 14 heteroatoms. The summed E-state index contributed by atoms with van der Waals surface area (Å²) in [5.41, 5.74) is 3.60. The molecule has 0 radical (unpaired) electrons. The van der Waals surface area contributed by atoms with Crippen molar-refractivity contribution in [2.45, 2.75) is 36.0 Å². The predicted molar refractivity (Wildman–Crippen MR) is 289 cm³/mol. The van der Waals surface area contributed by atoms with Crippen LogP contribution in [0.2, 0.25) is 0 Å². The average Bonchev–Trinajstić information content (AvgIpc) is 4.29. The van der Waals surface area contributed by atoms with Crippen molar-refractivity contribution in [3.8, 4) is 0 Å². The molecule has 2 atom stereocenters. The van der Waals surface area contributed by atoms with Gasteiger partial charge < -0.3 is 19.3 Å². The monoisotopic (exact) mass is 1030 g/mol. The van der Waals surface area contributed by atoms with Crippen LogP contribution in [-0.2, 0) is 33.5 Å². The van der Waals surface area contributed by atoms with Gasteiger partial charge in [-0.25, -0.2) is 19.6 Å². The summed E-state index contributed by atoms with van der Waals surface area (Å²) in [5.74, 6) is -6.72. The van der Waals surface area contributed by atoms with Gasteiger partial charge in [0.1, 0.15) is 23.2 Å². The Morgan fingerprint density at radius 1 is 0.372 bits per heavy atom. The van der Waals surface area contributed by atoms with Crippen molar-refractivity contribution >= 4 is 46.3 Å². The van der Waals surface area contributed by atoms with E-state index in [0.717, 1.165) is 33.4 Å². The molecule has 0 fully saturated rings. The number of amides is 4. The molecule has 0 saturated carbocycles. The molecule has 0 unspecified atom stereocenters. The number of hydrogen-bond donors (Lipinski definition) is 2. The molecular formula is C64H46N6O8. The van der Waals surface area contributed by atoms with Crippen LogP contribution in [0.1, 0.15) is 86.2 Å². The fourth-order valence-electron chi connectivity index (χ4n) is 11.7. The number of hydrogen-bond acceptors (Lipinski definition) is 8. The van der Waals surface area contributed by atoms with E-state index in [4.69, 9.17) is 9.97 Å². The van der Waals surface area contributed by atoms with Gasteiger partial charge in [0, 0.05) is 58.3 Å². The fourth-order valence-corrected chi connectivity index (χ4v) is 11.7. The Bertz CT molecular complexity index is 3460. The summed E-state index contributed by atoms with van der Waals surface area (Å²) < 4.78 is 3.82. The molecule has 4 amide bonds.